The molecule has 1 fully saturated rings. The number of piperidine rings is 1. The summed E-state index contributed by atoms with van der Waals surface area (Å²) in [5, 5.41) is 3.17. The van der Waals surface area contributed by atoms with E-state index < -0.39 is 0 Å². The van der Waals surface area contributed by atoms with Crippen LogP contribution in [0.2, 0.25) is 0 Å². The molecule has 66 valence electrons. The van der Waals surface area contributed by atoms with Gasteiger partial charge in [0.25, 0.3) is 0 Å². The predicted octanol–water partition coefficient (Wildman–Crippen LogP) is 0.139. The van der Waals surface area contributed by atoms with Gasteiger partial charge in [0, 0.05) is 6.54 Å². The summed E-state index contributed by atoms with van der Waals surface area (Å²) < 4.78 is 0. The van der Waals surface area contributed by atoms with Crippen molar-refractivity contribution in [2.45, 2.75) is 13.3 Å². The number of nitrogens with two attached hydrogens (primary N) is 1. The van der Waals surface area contributed by atoms with E-state index >= 15 is 0 Å². The van der Waals surface area contributed by atoms with Crippen molar-refractivity contribution in [2.75, 3.05) is 13.1 Å². The van der Waals surface area contributed by atoms with Crippen molar-refractivity contribution in [1.82, 2.24) is 5.32 Å². The number of rotatable bonds is 1. The number of amides is 1. The Balaban J connectivity index is 0.000001000. The smallest absolute Gasteiger partial charge is 0.221 e. The van der Waals surface area contributed by atoms with Gasteiger partial charge in [0.05, 0.1) is 5.92 Å². The first kappa shape index (κ1) is 10.7. The van der Waals surface area contributed by atoms with E-state index in [4.69, 9.17) is 5.73 Å². The lowest BCUT2D eigenvalue weighted by molar-refractivity contribution is -0.122. The molecule has 1 saturated heterocycles. The maximum absolute atomic E-state index is 10.7. The minimum Gasteiger partial charge on any atom is -0.369 e. The fraction of sp³-hybridized carbons (Fsp3) is 0.857. The zero-order valence-electron chi connectivity index (χ0n) is 6.67. The molecule has 0 bridgehead atoms. The third-order valence-corrected chi connectivity index (χ3v) is 1.97. The van der Waals surface area contributed by atoms with Crippen molar-refractivity contribution in [3.05, 3.63) is 0 Å². The second kappa shape index (κ2) is 4.57. The van der Waals surface area contributed by atoms with Crippen molar-refractivity contribution >= 4 is 18.3 Å². The van der Waals surface area contributed by atoms with E-state index in [1.807, 2.05) is 0 Å². The van der Waals surface area contributed by atoms with Crippen molar-refractivity contribution in [1.29, 1.82) is 0 Å². The molecule has 0 aromatic carbocycles. The first-order valence-corrected chi connectivity index (χ1v) is 3.70. The van der Waals surface area contributed by atoms with Gasteiger partial charge in [0.2, 0.25) is 5.91 Å². The quantitative estimate of drug-likeness (QED) is 0.600. The van der Waals surface area contributed by atoms with Crippen LogP contribution < -0.4 is 11.1 Å². The van der Waals surface area contributed by atoms with Gasteiger partial charge in [-0.3, -0.25) is 4.79 Å². The van der Waals surface area contributed by atoms with Crippen LogP contribution in [0.4, 0.5) is 0 Å². The lowest BCUT2D eigenvalue weighted by Gasteiger charge is -2.25. The molecular weight excluding hydrogens is 164 g/mol. The van der Waals surface area contributed by atoms with E-state index in [0.29, 0.717) is 5.92 Å². The Morgan fingerprint density at radius 2 is 2.18 bits per heavy atom. The standard InChI is InChI=1S/C7H14N2O.ClH/c1-5-2-6(7(8)10)4-9-3-5;/h5-6,9H,2-4H2,1H3,(H2,8,10);1H. The van der Waals surface area contributed by atoms with Crippen LogP contribution in [-0.4, -0.2) is 19.0 Å². The lowest BCUT2D eigenvalue weighted by atomic mass is 9.91. The van der Waals surface area contributed by atoms with Gasteiger partial charge in [-0.05, 0) is 18.9 Å². The maximum atomic E-state index is 10.7. The number of primary amides is 1. The molecule has 0 aromatic heterocycles. The van der Waals surface area contributed by atoms with Crippen LogP contribution in [0, 0.1) is 11.8 Å². The van der Waals surface area contributed by atoms with E-state index in [2.05, 4.69) is 12.2 Å². The zero-order valence-corrected chi connectivity index (χ0v) is 7.49. The number of carbonyl (C=O) groups excluding carboxylic acids is 1. The summed E-state index contributed by atoms with van der Waals surface area (Å²) in [6.45, 7) is 3.91. The van der Waals surface area contributed by atoms with E-state index in [-0.39, 0.29) is 24.2 Å². The Bertz CT molecular complexity index is 140. The van der Waals surface area contributed by atoms with Gasteiger partial charge in [0.1, 0.15) is 0 Å². The summed E-state index contributed by atoms with van der Waals surface area (Å²) in [6, 6.07) is 0. The molecule has 3 nitrogen and oxygen atoms in total. The van der Waals surface area contributed by atoms with Crippen molar-refractivity contribution < 1.29 is 4.79 Å². The number of halogens is 1. The molecule has 0 radical (unpaired) electrons. The number of hydrogen-bond donors (Lipinski definition) is 2. The van der Waals surface area contributed by atoms with E-state index in [9.17, 15) is 4.79 Å². The Morgan fingerprint density at radius 3 is 2.55 bits per heavy atom. The van der Waals surface area contributed by atoms with Crippen LogP contribution in [-0.2, 0) is 4.79 Å². The molecule has 1 rings (SSSR count). The maximum Gasteiger partial charge on any atom is 0.221 e. The molecule has 1 aliphatic heterocycles. The Labute approximate surface area is 73.1 Å². The number of carbonyl (C=O) groups is 1. The molecule has 1 heterocycles. The topological polar surface area (TPSA) is 55.1 Å². The Morgan fingerprint density at radius 1 is 1.55 bits per heavy atom. The van der Waals surface area contributed by atoms with Crippen LogP contribution in [0.5, 0.6) is 0 Å². The van der Waals surface area contributed by atoms with E-state index in [1.165, 1.54) is 0 Å². The molecule has 0 aliphatic carbocycles. The van der Waals surface area contributed by atoms with Gasteiger partial charge in [-0.1, -0.05) is 6.92 Å². The van der Waals surface area contributed by atoms with Gasteiger partial charge < -0.3 is 11.1 Å². The molecule has 0 saturated carbocycles. The third-order valence-electron chi connectivity index (χ3n) is 1.97. The van der Waals surface area contributed by atoms with Crippen molar-refractivity contribution in [3.8, 4) is 0 Å². The molecule has 4 heteroatoms. The van der Waals surface area contributed by atoms with Gasteiger partial charge in [-0.15, -0.1) is 12.4 Å². The lowest BCUT2D eigenvalue weighted by Crippen LogP contribution is -2.41. The summed E-state index contributed by atoms with van der Waals surface area (Å²) in [6.07, 6.45) is 0.947. The van der Waals surface area contributed by atoms with Crippen molar-refractivity contribution in [3.63, 3.8) is 0 Å². The largest absolute Gasteiger partial charge is 0.369 e. The Hall–Kier alpha value is -0.280. The zero-order chi connectivity index (χ0) is 7.56. The average Bonchev–Trinajstić information content (AvgIpc) is 1.88. The fourth-order valence-corrected chi connectivity index (χ4v) is 1.37. The molecule has 2 unspecified atom stereocenters. The molecule has 3 N–H and O–H groups in total. The third kappa shape index (κ3) is 3.08. The minimum absolute atomic E-state index is 0. The first-order chi connectivity index (χ1) is 4.70. The molecule has 0 spiro atoms. The van der Waals surface area contributed by atoms with E-state index in [0.717, 1.165) is 19.5 Å². The van der Waals surface area contributed by atoms with Crippen molar-refractivity contribution in [2.24, 2.45) is 17.6 Å². The molecule has 11 heavy (non-hydrogen) atoms. The summed E-state index contributed by atoms with van der Waals surface area (Å²) in [7, 11) is 0. The SMILES string of the molecule is CC1CNCC(C(N)=O)C1.Cl. The van der Waals surface area contributed by atoms with Crippen LogP contribution in [0.15, 0.2) is 0 Å². The van der Waals surface area contributed by atoms with Gasteiger partial charge in [-0.25, -0.2) is 0 Å². The average molecular weight is 179 g/mol. The van der Waals surface area contributed by atoms with Gasteiger partial charge >= 0.3 is 0 Å². The number of hydrogen-bond acceptors (Lipinski definition) is 2. The summed E-state index contributed by atoms with van der Waals surface area (Å²) >= 11 is 0. The molecule has 1 amide bonds. The highest BCUT2D eigenvalue weighted by atomic mass is 35.5. The normalized spacial score (nSPS) is 30.6. The molecule has 1 aliphatic rings. The summed E-state index contributed by atoms with van der Waals surface area (Å²) in [5.41, 5.74) is 5.15. The van der Waals surface area contributed by atoms with Gasteiger partial charge in [0.15, 0.2) is 0 Å². The highest BCUT2D eigenvalue weighted by Gasteiger charge is 2.22. The second-order valence-corrected chi connectivity index (χ2v) is 3.10. The van der Waals surface area contributed by atoms with Crippen LogP contribution in [0.25, 0.3) is 0 Å². The van der Waals surface area contributed by atoms with Crippen LogP contribution in [0.1, 0.15) is 13.3 Å². The fourth-order valence-electron chi connectivity index (χ4n) is 1.37. The highest BCUT2D eigenvalue weighted by Crippen LogP contribution is 2.14. The number of nitrogens with one attached hydrogen (secondary N) is 1. The van der Waals surface area contributed by atoms with E-state index in [1.54, 1.807) is 0 Å². The summed E-state index contributed by atoms with van der Waals surface area (Å²) in [4.78, 5) is 10.7. The van der Waals surface area contributed by atoms with Gasteiger partial charge in [-0.2, -0.15) is 0 Å². The Kier molecular flexibility index (Phi) is 4.45. The monoisotopic (exact) mass is 178 g/mol. The molecule has 0 aromatic rings. The molecule has 2 atom stereocenters. The predicted molar refractivity (Wildman–Crippen MR) is 46.6 cm³/mol. The van der Waals surface area contributed by atoms with Crippen LogP contribution in [0.3, 0.4) is 0 Å². The minimum atomic E-state index is -0.168. The first-order valence-electron chi connectivity index (χ1n) is 3.70. The highest BCUT2D eigenvalue weighted by molar-refractivity contribution is 5.85. The second-order valence-electron chi connectivity index (χ2n) is 3.10. The molecular formula is C7H15ClN2O. The summed E-state index contributed by atoms with van der Waals surface area (Å²) in [5.74, 6) is 0.481. The van der Waals surface area contributed by atoms with Crippen LogP contribution >= 0.6 is 12.4 Å².